The Balaban J connectivity index is 0.000000178. The molecule has 1 saturated heterocycles. The zero-order chi connectivity index (χ0) is 20.0. The Morgan fingerprint density at radius 3 is 1.96 bits per heavy atom. The molecule has 0 amide bonds. The zero-order valence-corrected chi connectivity index (χ0v) is 17.5. The second kappa shape index (κ2) is 9.55. The maximum atomic E-state index is 9.06. The number of aryl methyl sites for hydroxylation is 1. The number of para-hydroxylation sites is 2. The topological polar surface area (TPSA) is 37.6 Å². The van der Waals surface area contributed by atoms with Crippen molar-refractivity contribution >= 4 is 21.8 Å². The lowest BCUT2D eigenvalue weighted by Gasteiger charge is -2.39. The molecule has 152 valence electrons. The van der Waals surface area contributed by atoms with Crippen LogP contribution in [-0.4, -0.2) is 53.0 Å². The summed E-state index contributed by atoms with van der Waals surface area (Å²) < 4.78 is 7.67. The van der Waals surface area contributed by atoms with Crippen LogP contribution in [0.5, 0.6) is 0 Å². The third-order valence-corrected chi connectivity index (χ3v) is 5.67. The van der Waals surface area contributed by atoms with Gasteiger partial charge < -0.3 is 14.4 Å². The Labute approximate surface area is 168 Å². The van der Waals surface area contributed by atoms with Gasteiger partial charge in [-0.1, -0.05) is 49.7 Å². The molecule has 3 aromatic rings. The zero-order valence-electron chi connectivity index (χ0n) is 17.5. The quantitative estimate of drug-likeness (QED) is 0.696. The van der Waals surface area contributed by atoms with Crippen molar-refractivity contribution in [1.82, 2.24) is 9.47 Å². The molecule has 1 aliphatic rings. The van der Waals surface area contributed by atoms with Gasteiger partial charge in [-0.2, -0.15) is 0 Å². The largest absolute Gasteiger partial charge is 0.394 e. The summed E-state index contributed by atoms with van der Waals surface area (Å²) in [6.07, 6.45) is 2.48. The highest BCUT2D eigenvalue weighted by Crippen LogP contribution is 2.28. The highest BCUT2D eigenvalue weighted by Gasteiger charge is 2.26. The number of hydrogen-bond acceptors (Lipinski definition) is 3. The van der Waals surface area contributed by atoms with Gasteiger partial charge in [-0.05, 0) is 32.4 Å². The number of aliphatic hydroxyl groups is 1. The van der Waals surface area contributed by atoms with E-state index in [1.54, 1.807) is 0 Å². The van der Waals surface area contributed by atoms with Crippen molar-refractivity contribution in [1.29, 1.82) is 0 Å². The SMILES string of the molecule is CC(C)(CO)N1CCOCC1.CCCCn1c2ccccc2c2ccccc21. The van der Waals surface area contributed by atoms with E-state index in [-0.39, 0.29) is 12.1 Å². The molecule has 0 spiro atoms. The fourth-order valence-electron chi connectivity index (χ4n) is 3.83. The Morgan fingerprint density at radius 2 is 1.46 bits per heavy atom. The monoisotopic (exact) mass is 382 g/mol. The molecule has 2 aromatic carbocycles. The van der Waals surface area contributed by atoms with Crippen molar-refractivity contribution in [3.8, 4) is 0 Å². The number of aromatic nitrogens is 1. The molecule has 2 heterocycles. The van der Waals surface area contributed by atoms with E-state index in [1.807, 2.05) is 0 Å². The number of rotatable bonds is 5. The minimum atomic E-state index is -0.0796. The van der Waals surface area contributed by atoms with Crippen molar-refractivity contribution in [2.24, 2.45) is 0 Å². The van der Waals surface area contributed by atoms with Crippen LogP contribution in [0.15, 0.2) is 48.5 Å². The molecule has 0 radical (unpaired) electrons. The number of aliphatic hydroxyl groups excluding tert-OH is 1. The number of fused-ring (bicyclic) bond motifs is 3. The van der Waals surface area contributed by atoms with E-state index in [1.165, 1.54) is 34.6 Å². The molecule has 1 N–H and O–H groups in total. The summed E-state index contributed by atoms with van der Waals surface area (Å²) in [6.45, 7) is 11.1. The molecule has 4 nitrogen and oxygen atoms in total. The van der Waals surface area contributed by atoms with Crippen molar-refractivity contribution < 1.29 is 9.84 Å². The van der Waals surface area contributed by atoms with Gasteiger partial charge >= 0.3 is 0 Å². The van der Waals surface area contributed by atoms with E-state index in [2.05, 4.69) is 78.8 Å². The van der Waals surface area contributed by atoms with Gasteiger partial charge in [0.15, 0.2) is 0 Å². The first-order chi connectivity index (χ1) is 13.6. The molecule has 0 saturated carbocycles. The molecule has 0 unspecified atom stereocenters. The van der Waals surface area contributed by atoms with Crippen molar-refractivity contribution in [2.75, 3.05) is 32.9 Å². The summed E-state index contributed by atoms with van der Waals surface area (Å²) in [4.78, 5) is 2.26. The first-order valence-corrected chi connectivity index (χ1v) is 10.5. The van der Waals surface area contributed by atoms with E-state index < -0.39 is 0 Å². The predicted molar refractivity (Wildman–Crippen MR) is 118 cm³/mol. The Kier molecular flexibility index (Phi) is 7.11. The van der Waals surface area contributed by atoms with Crippen LogP contribution in [-0.2, 0) is 11.3 Å². The van der Waals surface area contributed by atoms with E-state index in [0.29, 0.717) is 0 Å². The number of morpholine rings is 1. The molecule has 1 fully saturated rings. The van der Waals surface area contributed by atoms with Crippen molar-refractivity contribution in [2.45, 2.75) is 45.7 Å². The number of nitrogens with zero attached hydrogens (tertiary/aromatic N) is 2. The van der Waals surface area contributed by atoms with Crippen molar-refractivity contribution in [3.05, 3.63) is 48.5 Å². The molecule has 28 heavy (non-hydrogen) atoms. The lowest BCUT2D eigenvalue weighted by atomic mass is 10.0. The summed E-state index contributed by atoms with van der Waals surface area (Å²) in [6, 6.07) is 17.4. The summed E-state index contributed by atoms with van der Waals surface area (Å²) in [5, 5.41) is 11.8. The summed E-state index contributed by atoms with van der Waals surface area (Å²) in [7, 11) is 0. The van der Waals surface area contributed by atoms with E-state index in [9.17, 15) is 0 Å². The molecule has 0 bridgehead atoms. The number of benzene rings is 2. The molecule has 4 rings (SSSR count). The number of ether oxygens (including phenoxy) is 1. The lowest BCUT2D eigenvalue weighted by molar-refractivity contribution is -0.0289. The van der Waals surface area contributed by atoms with Gasteiger partial charge in [-0.25, -0.2) is 0 Å². The van der Waals surface area contributed by atoms with E-state index in [4.69, 9.17) is 9.84 Å². The first kappa shape index (κ1) is 20.8. The van der Waals surface area contributed by atoms with Gasteiger partial charge in [-0.15, -0.1) is 0 Å². The van der Waals surface area contributed by atoms with Crippen molar-refractivity contribution in [3.63, 3.8) is 0 Å². The third kappa shape index (κ3) is 4.57. The fourth-order valence-corrected chi connectivity index (χ4v) is 3.83. The van der Waals surface area contributed by atoms with Crippen LogP contribution >= 0.6 is 0 Å². The first-order valence-electron chi connectivity index (χ1n) is 10.5. The molecule has 0 atom stereocenters. The normalized spacial score (nSPS) is 15.6. The highest BCUT2D eigenvalue weighted by molar-refractivity contribution is 6.07. The number of unbranched alkanes of at least 4 members (excludes halogenated alkanes) is 1. The molecule has 0 aliphatic carbocycles. The van der Waals surface area contributed by atoms with Gasteiger partial charge in [0, 0.05) is 47.0 Å². The smallest absolute Gasteiger partial charge is 0.0610 e. The van der Waals surface area contributed by atoms with Gasteiger partial charge in [-0.3, -0.25) is 4.90 Å². The average Bonchev–Trinajstić information content (AvgIpc) is 3.07. The van der Waals surface area contributed by atoms with Crippen LogP contribution in [0.3, 0.4) is 0 Å². The van der Waals surface area contributed by atoms with E-state index in [0.717, 1.165) is 32.8 Å². The number of hydrogen-bond donors (Lipinski definition) is 1. The van der Waals surface area contributed by atoms with Crippen LogP contribution in [0.25, 0.3) is 21.8 Å². The third-order valence-electron chi connectivity index (χ3n) is 5.67. The van der Waals surface area contributed by atoms with Crippen LogP contribution in [0.1, 0.15) is 33.6 Å². The lowest BCUT2D eigenvalue weighted by Crippen LogP contribution is -2.51. The maximum absolute atomic E-state index is 9.06. The average molecular weight is 383 g/mol. The highest BCUT2D eigenvalue weighted by atomic mass is 16.5. The maximum Gasteiger partial charge on any atom is 0.0610 e. The van der Waals surface area contributed by atoms with Crippen LogP contribution in [0.2, 0.25) is 0 Å². The van der Waals surface area contributed by atoms with Gasteiger partial charge in [0.1, 0.15) is 0 Å². The van der Waals surface area contributed by atoms with Gasteiger partial charge in [0.2, 0.25) is 0 Å². The predicted octanol–water partition coefficient (Wildman–Crippen LogP) is 4.68. The van der Waals surface area contributed by atoms with Crippen LogP contribution in [0.4, 0.5) is 0 Å². The summed E-state index contributed by atoms with van der Waals surface area (Å²) in [5.41, 5.74) is 2.65. The van der Waals surface area contributed by atoms with Gasteiger partial charge in [0.25, 0.3) is 0 Å². The Hall–Kier alpha value is -1.88. The molecule has 1 aliphatic heterocycles. The second-order valence-corrected chi connectivity index (χ2v) is 8.11. The van der Waals surface area contributed by atoms with Gasteiger partial charge in [0.05, 0.1) is 19.8 Å². The molecular formula is C24H34N2O2. The standard InChI is InChI=1S/C16H17N.C8H17NO2/c1-2-3-12-17-15-10-6-4-8-13(15)14-9-5-7-11-16(14)17;1-8(2,7-10)9-3-5-11-6-4-9/h4-11H,2-3,12H2,1H3;10H,3-7H2,1-2H3. The minimum absolute atomic E-state index is 0.0796. The minimum Gasteiger partial charge on any atom is -0.394 e. The van der Waals surface area contributed by atoms with E-state index >= 15 is 0 Å². The Morgan fingerprint density at radius 1 is 0.929 bits per heavy atom. The summed E-state index contributed by atoms with van der Waals surface area (Å²) in [5.74, 6) is 0. The summed E-state index contributed by atoms with van der Waals surface area (Å²) >= 11 is 0. The molecule has 1 aromatic heterocycles. The van der Waals surface area contributed by atoms with Crippen LogP contribution in [0, 0.1) is 0 Å². The molecule has 4 heteroatoms. The fraction of sp³-hybridized carbons (Fsp3) is 0.500. The Bertz CT molecular complexity index is 825. The second-order valence-electron chi connectivity index (χ2n) is 8.11. The molecular weight excluding hydrogens is 348 g/mol. The van der Waals surface area contributed by atoms with Crippen LogP contribution < -0.4 is 0 Å².